The van der Waals surface area contributed by atoms with Crippen LogP contribution in [0.4, 0.5) is 4.79 Å². The van der Waals surface area contributed by atoms with Gasteiger partial charge in [0.05, 0.1) is 7.11 Å². The van der Waals surface area contributed by atoms with Crippen LogP contribution in [0.25, 0.3) is 10.9 Å². The van der Waals surface area contributed by atoms with Gasteiger partial charge in [-0.15, -0.1) is 0 Å². The molecule has 0 fully saturated rings. The number of benzene rings is 2. The second-order valence-electron chi connectivity index (χ2n) is 8.33. The fourth-order valence-electron chi connectivity index (χ4n) is 3.27. The highest BCUT2D eigenvalue weighted by Gasteiger charge is 2.25. The summed E-state index contributed by atoms with van der Waals surface area (Å²) in [7, 11) is 1.60. The van der Waals surface area contributed by atoms with E-state index in [1.54, 1.807) is 27.9 Å². The Balaban J connectivity index is 1.75. The number of fused-ring (bicyclic) bond motifs is 1. The van der Waals surface area contributed by atoms with Crippen molar-refractivity contribution < 1.29 is 19.1 Å². The van der Waals surface area contributed by atoms with Gasteiger partial charge in [0.2, 0.25) is 5.91 Å². The van der Waals surface area contributed by atoms with Crippen molar-refractivity contribution in [3.63, 3.8) is 0 Å². The van der Waals surface area contributed by atoms with Crippen molar-refractivity contribution in [2.45, 2.75) is 45.4 Å². The van der Waals surface area contributed by atoms with Crippen molar-refractivity contribution in [1.82, 2.24) is 15.6 Å². The third-order valence-electron chi connectivity index (χ3n) is 4.71. The minimum Gasteiger partial charge on any atom is -0.497 e. The highest BCUT2D eigenvalue weighted by Crippen LogP contribution is 2.20. The average Bonchev–Trinajstić information content (AvgIpc) is 3.13. The minimum atomic E-state index is -0.792. The molecular formula is C24H29N3O4. The highest BCUT2D eigenvalue weighted by atomic mass is 16.6. The number of nitrogens with one attached hydrogen (secondary N) is 3. The van der Waals surface area contributed by atoms with Crippen LogP contribution in [-0.2, 0) is 22.5 Å². The van der Waals surface area contributed by atoms with Crippen LogP contribution >= 0.6 is 0 Å². The molecule has 0 spiro atoms. The smallest absolute Gasteiger partial charge is 0.408 e. The fourth-order valence-corrected chi connectivity index (χ4v) is 3.27. The monoisotopic (exact) mass is 423 g/mol. The number of H-pyrrole nitrogens is 1. The molecule has 3 N–H and O–H groups in total. The van der Waals surface area contributed by atoms with Crippen LogP contribution in [0.15, 0.2) is 54.7 Å². The van der Waals surface area contributed by atoms with Crippen LogP contribution in [0.5, 0.6) is 5.75 Å². The largest absolute Gasteiger partial charge is 0.497 e. The minimum absolute atomic E-state index is 0.293. The third kappa shape index (κ3) is 6.25. The van der Waals surface area contributed by atoms with Crippen LogP contribution < -0.4 is 15.4 Å². The van der Waals surface area contributed by atoms with E-state index in [1.807, 2.05) is 54.7 Å². The second-order valence-corrected chi connectivity index (χ2v) is 8.33. The molecule has 3 rings (SSSR count). The standard InChI is InChI=1S/C24H29N3O4/c1-24(2,3)31-23(29)27-21(13-17-15-25-20-11-6-5-10-19(17)20)22(28)26-14-16-8-7-9-18(12-16)30-4/h5-12,15,21,25H,13-14H2,1-4H3,(H,26,28)(H,27,29)/t21-/m1/s1. The molecule has 0 aliphatic heterocycles. The molecule has 0 radical (unpaired) electrons. The lowest BCUT2D eigenvalue weighted by Crippen LogP contribution is -2.49. The van der Waals surface area contributed by atoms with Gasteiger partial charge in [0.1, 0.15) is 17.4 Å². The number of aromatic amines is 1. The van der Waals surface area contributed by atoms with Crippen molar-refractivity contribution >= 4 is 22.9 Å². The van der Waals surface area contributed by atoms with Crippen molar-refractivity contribution in [2.24, 2.45) is 0 Å². The van der Waals surface area contributed by atoms with E-state index in [9.17, 15) is 9.59 Å². The number of ether oxygens (including phenoxy) is 2. The maximum absolute atomic E-state index is 13.0. The lowest BCUT2D eigenvalue weighted by Gasteiger charge is -2.23. The Hall–Kier alpha value is -3.48. The molecule has 0 unspecified atom stereocenters. The Bertz CT molecular complexity index is 1050. The Morgan fingerprint density at radius 2 is 1.87 bits per heavy atom. The second kappa shape index (κ2) is 9.55. The predicted molar refractivity (Wildman–Crippen MR) is 120 cm³/mol. The number of carbonyl (C=O) groups is 2. The molecule has 1 aromatic heterocycles. The van der Waals surface area contributed by atoms with Gasteiger partial charge in [-0.2, -0.15) is 0 Å². The van der Waals surface area contributed by atoms with Gasteiger partial charge in [0.25, 0.3) is 0 Å². The van der Waals surface area contributed by atoms with E-state index in [0.717, 1.165) is 22.0 Å². The molecule has 7 nitrogen and oxygen atoms in total. The number of para-hydroxylation sites is 1. The predicted octanol–water partition coefficient (Wildman–Crippen LogP) is 3.93. The van der Waals surface area contributed by atoms with E-state index in [0.29, 0.717) is 18.7 Å². The number of amides is 2. The molecule has 0 saturated carbocycles. The molecule has 0 bridgehead atoms. The Morgan fingerprint density at radius 3 is 2.61 bits per heavy atom. The normalized spacial score (nSPS) is 12.3. The van der Waals surface area contributed by atoms with Gasteiger partial charge in [-0.25, -0.2) is 4.79 Å². The number of methoxy groups -OCH3 is 1. The van der Waals surface area contributed by atoms with Gasteiger partial charge in [-0.1, -0.05) is 30.3 Å². The average molecular weight is 424 g/mol. The van der Waals surface area contributed by atoms with Crippen molar-refractivity contribution in [3.8, 4) is 5.75 Å². The van der Waals surface area contributed by atoms with Crippen molar-refractivity contribution in [1.29, 1.82) is 0 Å². The molecule has 164 valence electrons. The Morgan fingerprint density at radius 1 is 1.10 bits per heavy atom. The Kier molecular flexibility index (Phi) is 6.84. The summed E-state index contributed by atoms with van der Waals surface area (Å²) in [6, 6.07) is 14.5. The van der Waals surface area contributed by atoms with Gasteiger partial charge in [0.15, 0.2) is 0 Å². The summed E-state index contributed by atoms with van der Waals surface area (Å²) in [6.07, 6.45) is 1.56. The lowest BCUT2D eigenvalue weighted by atomic mass is 10.0. The van der Waals surface area contributed by atoms with Gasteiger partial charge >= 0.3 is 6.09 Å². The van der Waals surface area contributed by atoms with Crippen LogP contribution in [0, 0.1) is 0 Å². The zero-order valence-corrected chi connectivity index (χ0v) is 18.3. The van der Waals surface area contributed by atoms with E-state index in [1.165, 1.54) is 0 Å². The van der Waals surface area contributed by atoms with E-state index >= 15 is 0 Å². The van der Waals surface area contributed by atoms with E-state index in [-0.39, 0.29) is 5.91 Å². The fraction of sp³-hybridized carbons (Fsp3) is 0.333. The van der Waals surface area contributed by atoms with Gasteiger partial charge in [-0.3, -0.25) is 4.79 Å². The zero-order chi connectivity index (χ0) is 22.4. The lowest BCUT2D eigenvalue weighted by molar-refractivity contribution is -0.123. The molecular weight excluding hydrogens is 394 g/mol. The van der Waals surface area contributed by atoms with Crippen molar-refractivity contribution in [3.05, 3.63) is 65.9 Å². The quantitative estimate of drug-likeness (QED) is 0.537. The summed E-state index contributed by atoms with van der Waals surface area (Å²) in [5.74, 6) is 0.424. The summed E-state index contributed by atoms with van der Waals surface area (Å²) in [5, 5.41) is 6.64. The number of hydrogen-bond donors (Lipinski definition) is 3. The first-order valence-corrected chi connectivity index (χ1v) is 10.2. The van der Waals surface area contributed by atoms with Gasteiger partial charge in [0, 0.05) is 30.1 Å². The molecule has 31 heavy (non-hydrogen) atoms. The summed E-state index contributed by atoms with van der Waals surface area (Å²) in [6.45, 7) is 5.66. The SMILES string of the molecule is COc1cccc(CNC(=O)[C@@H](Cc2c[nH]c3ccccc23)NC(=O)OC(C)(C)C)c1. The molecule has 0 saturated heterocycles. The number of carbonyl (C=O) groups excluding carboxylic acids is 2. The van der Waals surface area contributed by atoms with E-state index in [2.05, 4.69) is 15.6 Å². The molecule has 2 aromatic carbocycles. The first-order valence-electron chi connectivity index (χ1n) is 10.2. The van der Waals surface area contributed by atoms with Crippen LogP contribution in [-0.4, -0.2) is 35.7 Å². The number of hydrogen-bond acceptors (Lipinski definition) is 4. The summed E-state index contributed by atoms with van der Waals surface area (Å²) in [4.78, 5) is 28.6. The van der Waals surface area contributed by atoms with Crippen LogP contribution in [0.3, 0.4) is 0 Å². The molecule has 3 aromatic rings. The number of aromatic nitrogens is 1. The molecule has 7 heteroatoms. The molecule has 2 amide bonds. The first-order chi connectivity index (χ1) is 14.7. The van der Waals surface area contributed by atoms with Gasteiger partial charge < -0.3 is 25.1 Å². The zero-order valence-electron chi connectivity index (χ0n) is 18.3. The summed E-state index contributed by atoms with van der Waals surface area (Å²) >= 11 is 0. The molecule has 0 aliphatic carbocycles. The molecule has 1 atom stereocenters. The van der Waals surface area contributed by atoms with Crippen LogP contribution in [0.2, 0.25) is 0 Å². The highest BCUT2D eigenvalue weighted by molar-refractivity contribution is 5.88. The summed E-state index contributed by atoms with van der Waals surface area (Å²) in [5.41, 5.74) is 2.15. The molecule has 0 aliphatic rings. The number of rotatable bonds is 7. The van der Waals surface area contributed by atoms with E-state index < -0.39 is 17.7 Å². The first kappa shape index (κ1) is 22.2. The Labute approximate surface area is 182 Å². The van der Waals surface area contributed by atoms with Crippen molar-refractivity contribution in [2.75, 3.05) is 7.11 Å². The maximum Gasteiger partial charge on any atom is 0.408 e. The van der Waals surface area contributed by atoms with Gasteiger partial charge in [-0.05, 0) is 50.1 Å². The summed E-state index contributed by atoms with van der Waals surface area (Å²) < 4.78 is 10.6. The van der Waals surface area contributed by atoms with E-state index in [4.69, 9.17) is 9.47 Å². The number of alkyl carbamates (subject to hydrolysis) is 1. The van der Waals surface area contributed by atoms with Crippen LogP contribution in [0.1, 0.15) is 31.9 Å². The topological polar surface area (TPSA) is 92.5 Å². The molecule has 1 heterocycles. The maximum atomic E-state index is 13.0. The third-order valence-corrected chi connectivity index (χ3v) is 4.71.